The molecule has 0 bridgehead atoms. The number of hydrogen-bond acceptors (Lipinski definition) is 3. The maximum Gasteiger partial charge on any atom is 0.246 e. The highest BCUT2D eigenvalue weighted by Crippen LogP contribution is 2.19. The number of amides is 3. The fourth-order valence-electron chi connectivity index (χ4n) is 2.04. The predicted molar refractivity (Wildman–Crippen MR) is 62.1 cm³/mol. The Bertz CT molecular complexity index is 352. The van der Waals surface area contributed by atoms with Crippen LogP contribution in [0.1, 0.15) is 20.8 Å². The molecule has 1 N–H and O–H groups in total. The zero-order valence-electron chi connectivity index (χ0n) is 10.9. The Hall–Kier alpha value is -1.59. The fourth-order valence-corrected chi connectivity index (χ4v) is 2.04. The minimum Gasteiger partial charge on any atom is -0.357 e. The molecule has 0 spiro atoms. The summed E-state index contributed by atoms with van der Waals surface area (Å²) in [7, 11) is 3.11. The van der Waals surface area contributed by atoms with E-state index in [0.29, 0.717) is 0 Å². The summed E-state index contributed by atoms with van der Waals surface area (Å²) < 4.78 is 0. The molecule has 0 aromatic heterocycles. The second-order valence-corrected chi connectivity index (χ2v) is 4.34. The third kappa shape index (κ3) is 2.11. The van der Waals surface area contributed by atoms with Crippen LogP contribution in [-0.2, 0) is 14.4 Å². The van der Waals surface area contributed by atoms with E-state index in [1.807, 2.05) is 0 Å². The summed E-state index contributed by atoms with van der Waals surface area (Å²) in [6.45, 7) is 4.93. The molecule has 1 unspecified atom stereocenters. The van der Waals surface area contributed by atoms with Gasteiger partial charge in [-0.05, 0) is 20.8 Å². The van der Waals surface area contributed by atoms with Crippen LogP contribution < -0.4 is 5.32 Å². The molecule has 0 aliphatic carbocycles. The maximum atomic E-state index is 12.1. The number of hydrogen-bond donors (Lipinski definition) is 1. The van der Waals surface area contributed by atoms with Gasteiger partial charge in [0.15, 0.2) is 0 Å². The van der Waals surface area contributed by atoms with E-state index in [0.717, 1.165) is 0 Å². The van der Waals surface area contributed by atoms with Crippen LogP contribution >= 0.6 is 0 Å². The third-order valence-corrected chi connectivity index (χ3v) is 3.36. The summed E-state index contributed by atoms with van der Waals surface area (Å²) in [5.74, 6) is -0.613. The molecule has 0 aromatic carbocycles. The van der Waals surface area contributed by atoms with Gasteiger partial charge in [-0.15, -0.1) is 0 Å². The topological polar surface area (TPSA) is 69.7 Å². The first-order valence-electron chi connectivity index (χ1n) is 5.63. The van der Waals surface area contributed by atoms with Crippen molar-refractivity contribution in [1.29, 1.82) is 0 Å². The zero-order valence-corrected chi connectivity index (χ0v) is 10.9. The number of carbonyl (C=O) groups is 3. The molecule has 0 aromatic rings. The average Bonchev–Trinajstić information content (AvgIpc) is 2.32. The van der Waals surface area contributed by atoms with Gasteiger partial charge in [0.2, 0.25) is 17.7 Å². The molecular weight excluding hydrogens is 222 g/mol. The van der Waals surface area contributed by atoms with Crippen LogP contribution in [0.5, 0.6) is 0 Å². The summed E-state index contributed by atoms with van der Waals surface area (Å²) in [6, 6.07) is -1.76. The molecule has 6 heteroatoms. The SMILES string of the molecule is CNC(=O)C(C)N1C(=O)[C@H](C)N(C)C(=O)[C@@H]1C. The van der Waals surface area contributed by atoms with Gasteiger partial charge < -0.3 is 15.1 Å². The smallest absolute Gasteiger partial charge is 0.246 e. The van der Waals surface area contributed by atoms with Gasteiger partial charge in [-0.2, -0.15) is 0 Å². The maximum absolute atomic E-state index is 12.1. The van der Waals surface area contributed by atoms with E-state index >= 15 is 0 Å². The number of rotatable bonds is 2. The molecule has 0 radical (unpaired) electrons. The Balaban J connectivity index is 3.02. The predicted octanol–water partition coefficient (Wildman–Crippen LogP) is -0.801. The van der Waals surface area contributed by atoms with Gasteiger partial charge in [0.1, 0.15) is 18.1 Å². The minimum absolute atomic E-state index is 0.146. The van der Waals surface area contributed by atoms with Crippen LogP contribution in [0.25, 0.3) is 0 Å². The van der Waals surface area contributed by atoms with Crippen LogP contribution in [0.3, 0.4) is 0 Å². The molecule has 1 fully saturated rings. The Kier molecular flexibility index (Phi) is 3.75. The summed E-state index contributed by atoms with van der Waals surface area (Å²) in [4.78, 5) is 38.3. The van der Waals surface area contributed by atoms with Crippen molar-refractivity contribution >= 4 is 17.7 Å². The van der Waals surface area contributed by atoms with E-state index in [-0.39, 0.29) is 17.7 Å². The van der Waals surface area contributed by atoms with Gasteiger partial charge in [0, 0.05) is 14.1 Å². The van der Waals surface area contributed by atoms with Gasteiger partial charge in [0.05, 0.1) is 0 Å². The monoisotopic (exact) mass is 241 g/mol. The van der Waals surface area contributed by atoms with Gasteiger partial charge in [-0.25, -0.2) is 0 Å². The highest BCUT2D eigenvalue weighted by atomic mass is 16.2. The van der Waals surface area contributed by atoms with Gasteiger partial charge in [-0.3, -0.25) is 14.4 Å². The number of nitrogens with zero attached hydrogens (tertiary/aromatic N) is 2. The van der Waals surface area contributed by atoms with Crippen LogP contribution in [0.15, 0.2) is 0 Å². The lowest BCUT2D eigenvalue weighted by Gasteiger charge is -2.43. The second-order valence-electron chi connectivity index (χ2n) is 4.34. The lowest BCUT2D eigenvalue weighted by molar-refractivity contribution is -0.162. The molecule has 3 atom stereocenters. The number of likely N-dealkylation sites (N-methyl/N-ethyl adjacent to an activating group) is 2. The van der Waals surface area contributed by atoms with Crippen molar-refractivity contribution in [3.8, 4) is 0 Å². The molecule has 17 heavy (non-hydrogen) atoms. The standard InChI is InChI=1S/C11H19N3O3/c1-6(9(15)12-4)14-8(3)10(16)13(5)7(2)11(14)17/h6-8H,1-5H3,(H,12,15)/t6?,7-,8-/m0/s1. The third-order valence-electron chi connectivity index (χ3n) is 3.36. The highest BCUT2D eigenvalue weighted by Gasteiger charge is 2.43. The Labute approximate surface area is 101 Å². The van der Waals surface area contributed by atoms with Crippen LogP contribution in [0, 0.1) is 0 Å². The molecule has 6 nitrogen and oxygen atoms in total. The molecule has 1 aliphatic heterocycles. The van der Waals surface area contributed by atoms with E-state index in [2.05, 4.69) is 5.32 Å². The van der Waals surface area contributed by atoms with E-state index in [9.17, 15) is 14.4 Å². The van der Waals surface area contributed by atoms with E-state index in [1.54, 1.807) is 27.8 Å². The fraction of sp³-hybridized carbons (Fsp3) is 0.727. The van der Waals surface area contributed by atoms with E-state index in [1.165, 1.54) is 16.8 Å². The normalized spacial score (nSPS) is 27.1. The summed E-state index contributed by atoms with van der Waals surface area (Å²) in [6.07, 6.45) is 0. The Morgan fingerprint density at radius 3 is 2.24 bits per heavy atom. The van der Waals surface area contributed by atoms with Crippen LogP contribution in [-0.4, -0.2) is 59.7 Å². The zero-order chi connectivity index (χ0) is 13.3. The van der Waals surface area contributed by atoms with Crippen molar-refractivity contribution in [3.05, 3.63) is 0 Å². The number of carbonyl (C=O) groups excluding carboxylic acids is 3. The van der Waals surface area contributed by atoms with Crippen molar-refractivity contribution < 1.29 is 14.4 Å². The van der Waals surface area contributed by atoms with Crippen molar-refractivity contribution in [2.75, 3.05) is 14.1 Å². The first-order chi connectivity index (χ1) is 7.82. The van der Waals surface area contributed by atoms with Gasteiger partial charge in [-0.1, -0.05) is 0 Å². The van der Waals surface area contributed by atoms with Crippen molar-refractivity contribution in [3.63, 3.8) is 0 Å². The molecule has 1 rings (SSSR count). The van der Waals surface area contributed by atoms with Gasteiger partial charge >= 0.3 is 0 Å². The molecule has 1 saturated heterocycles. The Morgan fingerprint density at radius 2 is 1.76 bits per heavy atom. The Morgan fingerprint density at radius 1 is 1.24 bits per heavy atom. The summed E-state index contributed by atoms with van der Waals surface area (Å²) >= 11 is 0. The molecule has 0 saturated carbocycles. The van der Waals surface area contributed by atoms with E-state index in [4.69, 9.17) is 0 Å². The number of piperazine rings is 1. The summed E-state index contributed by atoms with van der Waals surface area (Å²) in [5.41, 5.74) is 0. The van der Waals surface area contributed by atoms with Crippen LogP contribution in [0.2, 0.25) is 0 Å². The molecule has 3 amide bonds. The van der Waals surface area contributed by atoms with Gasteiger partial charge in [0.25, 0.3) is 0 Å². The van der Waals surface area contributed by atoms with Crippen molar-refractivity contribution in [2.24, 2.45) is 0 Å². The second kappa shape index (κ2) is 4.73. The first-order valence-corrected chi connectivity index (χ1v) is 5.63. The van der Waals surface area contributed by atoms with Crippen molar-refractivity contribution in [1.82, 2.24) is 15.1 Å². The molecular formula is C11H19N3O3. The van der Waals surface area contributed by atoms with Crippen LogP contribution in [0.4, 0.5) is 0 Å². The minimum atomic E-state index is -0.636. The molecule has 96 valence electrons. The lowest BCUT2D eigenvalue weighted by atomic mass is 10.0. The summed E-state index contributed by atoms with van der Waals surface area (Å²) in [5, 5.41) is 2.49. The quantitative estimate of drug-likeness (QED) is 0.688. The largest absolute Gasteiger partial charge is 0.357 e. The van der Waals surface area contributed by atoms with E-state index < -0.39 is 18.1 Å². The molecule has 1 heterocycles. The average molecular weight is 241 g/mol. The van der Waals surface area contributed by atoms with Crippen molar-refractivity contribution in [2.45, 2.75) is 38.9 Å². The molecule has 1 aliphatic rings. The first kappa shape index (κ1) is 13.5. The number of nitrogens with one attached hydrogen (secondary N) is 1. The lowest BCUT2D eigenvalue weighted by Crippen LogP contribution is -2.65. The highest BCUT2D eigenvalue weighted by molar-refractivity contribution is 5.99.